The van der Waals surface area contributed by atoms with Gasteiger partial charge in [-0.3, -0.25) is 4.79 Å². The van der Waals surface area contributed by atoms with E-state index in [-0.39, 0.29) is 19.2 Å². The van der Waals surface area contributed by atoms with E-state index in [2.05, 4.69) is 22.6 Å². The summed E-state index contributed by atoms with van der Waals surface area (Å²) in [5.74, 6) is -0.276. The zero-order chi connectivity index (χ0) is 14.3. The van der Waals surface area contributed by atoms with Crippen LogP contribution in [0.4, 0.5) is 0 Å². The van der Waals surface area contributed by atoms with Gasteiger partial charge in [0.05, 0.1) is 25.7 Å². The normalized spacial score (nSPS) is 13.9. The van der Waals surface area contributed by atoms with Gasteiger partial charge in [0.25, 0.3) is 0 Å². The lowest BCUT2D eigenvalue weighted by Gasteiger charge is -2.27. The van der Waals surface area contributed by atoms with Crippen molar-refractivity contribution in [3.63, 3.8) is 0 Å². The van der Waals surface area contributed by atoms with Crippen molar-refractivity contribution in [3.05, 3.63) is 33.4 Å². The van der Waals surface area contributed by atoms with Crippen molar-refractivity contribution in [2.45, 2.75) is 18.8 Å². The van der Waals surface area contributed by atoms with Gasteiger partial charge in [0, 0.05) is 10.2 Å². The number of aliphatic hydroxyl groups is 1. The summed E-state index contributed by atoms with van der Waals surface area (Å²) in [6.45, 7) is 2.52. The molecule has 0 aliphatic heterocycles. The molecule has 0 bridgehead atoms. The number of rotatable bonds is 7. The molecular weight excluding hydrogens is 359 g/mol. The second-order valence-electron chi connectivity index (χ2n) is 4.42. The fraction of sp³-hybridized carbons (Fsp3) is 0.500. The molecule has 0 saturated heterocycles. The molecule has 0 fully saturated rings. The second kappa shape index (κ2) is 7.81. The number of halogens is 1. The molecule has 0 radical (unpaired) electrons. The molecule has 4 nitrogen and oxygen atoms in total. The average molecular weight is 378 g/mol. The third-order valence-corrected chi connectivity index (χ3v) is 3.75. The van der Waals surface area contributed by atoms with Gasteiger partial charge < -0.3 is 14.6 Å². The van der Waals surface area contributed by atoms with Gasteiger partial charge in [0.2, 0.25) is 0 Å². The molecule has 1 unspecified atom stereocenters. The molecule has 0 aliphatic carbocycles. The number of carbonyl (C=O) groups is 1. The molecule has 0 amide bonds. The Kier molecular flexibility index (Phi) is 6.74. The van der Waals surface area contributed by atoms with Gasteiger partial charge in [-0.05, 0) is 53.6 Å². The highest BCUT2D eigenvalue weighted by Crippen LogP contribution is 2.30. The maximum Gasteiger partial charge on any atom is 0.316 e. The van der Waals surface area contributed by atoms with Crippen LogP contribution in [0.3, 0.4) is 0 Å². The topological polar surface area (TPSA) is 55.8 Å². The largest absolute Gasteiger partial charge is 0.468 e. The number of benzene rings is 1. The molecule has 1 rings (SSSR count). The Bertz CT molecular complexity index is 422. The summed E-state index contributed by atoms with van der Waals surface area (Å²) in [7, 11) is 1.39. The minimum Gasteiger partial charge on any atom is -0.468 e. The maximum atomic E-state index is 12.1. The van der Waals surface area contributed by atoms with Crippen LogP contribution in [0.25, 0.3) is 0 Å². The average Bonchev–Trinajstić information content (AvgIpc) is 2.42. The highest BCUT2D eigenvalue weighted by Gasteiger charge is 2.36. The van der Waals surface area contributed by atoms with Gasteiger partial charge in [-0.25, -0.2) is 0 Å². The molecule has 0 saturated carbocycles. The molecular formula is C14H19IO4. The molecule has 1 aromatic rings. The number of aliphatic hydroxyl groups excluding tert-OH is 1. The van der Waals surface area contributed by atoms with Crippen LogP contribution in [0.5, 0.6) is 0 Å². The van der Waals surface area contributed by atoms with Gasteiger partial charge >= 0.3 is 5.97 Å². The van der Waals surface area contributed by atoms with Crippen molar-refractivity contribution < 1.29 is 19.4 Å². The van der Waals surface area contributed by atoms with Crippen molar-refractivity contribution in [2.75, 3.05) is 26.9 Å². The van der Waals surface area contributed by atoms with E-state index in [1.807, 2.05) is 31.2 Å². The Morgan fingerprint density at radius 2 is 2.16 bits per heavy atom. The number of methoxy groups -OCH3 is 1. The van der Waals surface area contributed by atoms with E-state index in [4.69, 9.17) is 14.6 Å². The first kappa shape index (κ1) is 16.4. The van der Waals surface area contributed by atoms with Crippen molar-refractivity contribution >= 4 is 28.6 Å². The molecule has 106 valence electrons. The number of hydrogen-bond acceptors (Lipinski definition) is 4. The SMILES string of the molecule is COC(=O)C(C)(CCOCCO)c1cccc(I)c1. The van der Waals surface area contributed by atoms with Crippen LogP contribution in [0.1, 0.15) is 18.9 Å². The summed E-state index contributed by atoms with van der Waals surface area (Å²) in [6.07, 6.45) is 0.514. The summed E-state index contributed by atoms with van der Waals surface area (Å²) in [5.41, 5.74) is 0.185. The van der Waals surface area contributed by atoms with E-state index in [1.54, 1.807) is 0 Å². The monoisotopic (exact) mass is 378 g/mol. The zero-order valence-corrected chi connectivity index (χ0v) is 13.3. The van der Waals surface area contributed by atoms with Crippen LogP contribution in [-0.2, 0) is 19.7 Å². The highest BCUT2D eigenvalue weighted by atomic mass is 127. The molecule has 0 spiro atoms. The molecule has 1 N–H and O–H groups in total. The first-order valence-electron chi connectivity index (χ1n) is 6.07. The Morgan fingerprint density at radius 1 is 1.42 bits per heavy atom. The Morgan fingerprint density at radius 3 is 2.74 bits per heavy atom. The number of hydrogen-bond donors (Lipinski definition) is 1. The lowest BCUT2D eigenvalue weighted by molar-refractivity contribution is -0.147. The molecule has 1 aromatic carbocycles. The number of carbonyl (C=O) groups excluding carboxylic acids is 1. The zero-order valence-electron chi connectivity index (χ0n) is 11.2. The lowest BCUT2D eigenvalue weighted by Crippen LogP contribution is -2.35. The quantitative estimate of drug-likeness (QED) is 0.449. The van der Waals surface area contributed by atoms with E-state index < -0.39 is 5.41 Å². The molecule has 5 heteroatoms. The van der Waals surface area contributed by atoms with E-state index in [0.29, 0.717) is 13.0 Å². The van der Waals surface area contributed by atoms with E-state index in [9.17, 15) is 4.79 Å². The Hall–Kier alpha value is -0.660. The van der Waals surface area contributed by atoms with Gasteiger partial charge in [0.1, 0.15) is 0 Å². The van der Waals surface area contributed by atoms with Gasteiger partial charge in [-0.1, -0.05) is 12.1 Å². The van der Waals surface area contributed by atoms with Crippen molar-refractivity contribution in [3.8, 4) is 0 Å². The van der Waals surface area contributed by atoms with Crippen molar-refractivity contribution in [1.82, 2.24) is 0 Å². The maximum absolute atomic E-state index is 12.1. The van der Waals surface area contributed by atoms with E-state index in [0.717, 1.165) is 9.13 Å². The standard InChI is InChI=1S/C14H19IO4/c1-14(13(17)18-2,6-8-19-9-7-16)11-4-3-5-12(15)10-11/h3-5,10,16H,6-9H2,1-2H3. The summed E-state index contributed by atoms with van der Waals surface area (Å²) in [4.78, 5) is 12.1. The number of ether oxygens (including phenoxy) is 2. The first-order chi connectivity index (χ1) is 9.04. The third kappa shape index (κ3) is 4.43. The predicted octanol–water partition coefficient (Wildman–Crippen LogP) is 2.12. The minimum atomic E-state index is -0.731. The van der Waals surface area contributed by atoms with Crippen LogP contribution in [-0.4, -0.2) is 38.0 Å². The van der Waals surface area contributed by atoms with Crippen molar-refractivity contribution in [1.29, 1.82) is 0 Å². The van der Waals surface area contributed by atoms with Crippen LogP contribution in [0, 0.1) is 3.57 Å². The molecule has 19 heavy (non-hydrogen) atoms. The van der Waals surface area contributed by atoms with Gasteiger partial charge in [-0.2, -0.15) is 0 Å². The van der Waals surface area contributed by atoms with Crippen LogP contribution < -0.4 is 0 Å². The van der Waals surface area contributed by atoms with Crippen LogP contribution in [0.2, 0.25) is 0 Å². The summed E-state index contributed by atoms with van der Waals surface area (Å²) in [5, 5.41) is 8.69. The lowest BCUT2D eigenvalue weighted by atomic mass is 9.80. The fourth-order valence-corrected chi connectivity index (χ4v) is 2.41. The molecule has 0 aliphatic rings. The third-order valence-electron chi connectivity index (χ3n) is 3.08. The molecule has 0 aromatic heterocycles. The van der Waals surface area contributed by atoms with Crippen LogP contribution >= 0.6 is 22.6 Å². The minimum absolute atomic E-state index is 0.0157. The Labute approximate surface area is 127 Å². The number of esters is 1. The molecule has 1 atom stereocenters. The van der Waals surface area contributed by atoms with Gasteiger partial charge in [-0.15, -0.1) is 0 Å². The van der Waals surface area contributed by atoms with E-state index in [1.165, 1.54) is 7.11 Å². The van der Waals surface area contributed by atoms with E-state index >= 15 is 0 Å². The predicted molar refractivity (Wildman–Crippen MR) is 81.0 cm³/mol. The molecule has 0 heterocycles. The summed E-state index contributed by atoms with van der Waals surface area (Å²) >= 11 is 2.22. The smallest absolute Gasteiger partial charge is 0.316 e. The Balaban J connectivity index is 2.89. The highest BCUT2D eigenvalue weighted by molar-refractivity contribution is 14.1. The van der Waals surface area contributed by atoms with Crippen LogP contribution in [0.15, 0.2) is 24.3 Å². The second-order valence-corrected chi connectivity index (χ2v) is 5.67. The van der Waals surface area contributed by atoms with Crippen molar-refractivity contribution in [2.24, 2.45) is 0 Å². The first-order valence-corrected chi connectivity index (χ1v) is 7.15. The summed E-state index contributed by atoms with van der Waals surface area (Å²) < 4.78 is 11.3. The fourth-order valence-electron chi connectivity index (χ4n) is 1.86. The summed E-state index contributed by atoms with van der Waals surface area (Å²) in [6, 6.07) is 7.80. The van der Waals surface area contributed by atoms with Gasteiger partial charge in [0.15, 0.2) is 0 Å².